The first kappa shape index (κ1) is 22.3. The van der Waals surface area contributed by atoms with Crippen molar-refractivity contribution >= 4 is 42.8 Å². The molecule has 3 aromatic rings. The molecule has 0 spiro atoms. The largest absolute Gasteiger partial charge is 0.497 e. The molecule has 0 atom stereocenters. The van der Waals surface area contributed by atoms with Crippen molar-refractivity contribution in [1.29, 1.82) is 5.26 Å². The van der Waals surface area contributed by atoms with Crippen molar-refractivity contribution in [2.24, 2.45) is 0 Å². The molecule has 9 nitrogen and oxygen atoms in total. The van der Waals surface area contributed by atoms with Gasteiger partial charge >= 0.3 is 5.97 Å². The maximum absolute atomic E-state index is 13.8. The third-order valence-corrected chi connectivity index (χ3v) is 7.95. The summed E-state index contributed by atoms with van der Waals surface area (Å²) in [4.78, 5) is 12.0. The van der Waals surface area contributed by atoms with E-state index in [0.717, 1.165) is 5.56 Å². The van der Waals surface area contributed by atoms with E-state index in [1.807, 2.05) is 0 Å². The van der Waals surface area contributed by atoms with Gasteiger partial charge in [0.25, 0.3) is 0 Å². The van der Waals surface area contributed by atoms with Crippen LogP contribution < -0.4 is 4.74 Å². The van der Waals surface area contributed by atoms with E-state index >= 15 is 0 Å². The first-order valence-corrected chi connectivity index (χ1v) is 11.8. The molecule has 4 rings (SSSR count). The number of halogens is 1. The van der Waals surface area contributed by atoms with Gasteiger partial charge in [-0.1, -0.05) is 12.1 Å². The smallest absolute Gasteiger partial charge is 0.356 e. The Morgan fingerprint density at radius 2 is 1.97 bits per heavy atom. The van der Waals surface area contributed by atoms with Crippen LogP contribution in [-0.2, 0) is 21.3 Å². The van der Waals surface area contributed by atoms with Gasteiger partial charge < -0.3 is 9.47 Å². The third-order valence-electron chi connectivity index (χ3n) is 5.46. The van der Waals surface area contributed by atoms with Crippen LogP contribution in [0.1, 0.15) is 28.9 Å². The van der Waals surface area contributed by atoms with Crippen LogP contribution in [0.5, 0.6) is 5.75 Å². The van der Waals surface area contributed by atoms with Gasteiger partial charge in [-0.05, 0) is 58.6 Å². The fourth-order valence-electron chi connectivity index (χ4n) is 3.48. The Hall–Kier alpha value is -2.94. The number of nitriles is 1. The summed E-state index contributed by atoms with van der Waals surface area (Å²) in [7, 11) is -1.33. The van der Waals surface area contributed by atoms with Crippen LogP contribution in [-0.4, -0.2) is 48.6 Å². The standard InChI is InChI=1S/C21H19BrN4O5S/c1-30-14-5-3-13(4-6-14)11-26(21(12-23)7-8-21)32(28,29)15-9-16-18(17(22)10-15)24-25-19(16)20(27)31-2/h3-6,9-10H,7-8,11H2,1-2H3,(H,24,25). The molecule has 1 aliphatic rings. The lowest BCUT2D eigenvalue weighted by Crippen LogP contribution is -2.40. The Bertz CT molecular complexity index is 1340. The number of benzene rings is 2. The maximum Gasteiger partial charge on any atom is 0.356 e. The molecule has 1 aliphatic carbocycles. The van der Waals surface area contributed by atoms with Crippen LogP contribution in [0.3, 0.4) is 0 Å². The Morgan fingerprint density at radius 1 is 1.28 bits per heavy atom. The number of H-pyrrole nitrogens is 1. The van der Waals surface area contributed by atoms with Gasteiger partial charge in [-0.2, -0.15) is 14.7 Å². The lowest BCUT2D eigenvalue weighted by molar-refractivity contribution is 0.0596. The number of methoxy groups -OCH3 is 2. The quantitative estimate of drug-likeness (QED) is 0.475. The molecule has 0 aliphatic heterocycles. The van der Waals surface area contributed by atoms with Gasteiger partial charge in [0, 0.05) is 16.4 Å². The van der Waals surface area contributed by atoms with Crippen molar-refractivity contribution in [3.05, 3.63) is 52.1 Å². The lowest BCUT2D eigenvalue weighted by Gasteiger charge is -2.27. The Kier molecular flexibility index (Phi) is 5.70. The Morgan fingerprint density at radius 3 is 2.53 bits per heavy atom. The number of ether oxygens (including phenoxy) is 2. The molecule has 1 aromatic heterocycles. The normalized spacial score (nSPS) is 14.8. The summed E-state index contributed by atoms with van der Waals surface area (Å²) < 4.78 is 39.1. The van der Waals surface area contributed by atoms with E-state index in [2.05, 4.69) is 32.2 Å². The highest BCUT2D eigenvalue weighted by Gasteiger charge is 2.54. The molecule has 1 fully saturated rings. The molecule has 1 heterocycles. The molecule has 0 amide bonds. The molecule has 32 heavy (non-hydrogen) atoms. The number of nitrogens with zero attached hydrogens (tertiary/aromatic N) is 3. The number of sulfonamides is 1. The molecule has 2 aromatic carbocycles. The Balaban J connectivity index is 1.81. The number of hydrogen-bond donors (Lipinski definition) is 1. The van der Waals surface area contributed by atoms with Crippen LogP contribution in [0.2, 0.25) is 0 Å². The van der Waals surface area contributed by atoms with Gasteiger partial charge in [-0.25, -0.2) is 13.2 Å². The van der Waals surface area contributed by atoms with Gasteiger partial charge in [0.15, 0.2) is 5.69 Å². The average molecular weight is 519 g/mol. The predicted octanol–water partition coefficient (Wildman–Crippen LogP) is 3.37. The van der Waals surface area contributed by atoms with Crippen molar-refractivity contribution in [2.45, 2.75) is 29.8 Å². The highest BCUT2D eigenvalue weighted by molar-refractivity contribution is 9.10. The molecule has 0 bridgehead atoms. The second kappa shape index (κ2) is 8.20. The first-order valence-electron chi connectivity index (χ1n) is 9.59. The summed E-state index contributed by atoms with van der Waals surface area (Å²) in [5.74, 6) is -0.0195. The van der Waals surface area contributed by atoms with Crippen LogP contribution in [0, 0.1) is 11.3 Å². The zero-order chi connectivity index (χ0) is 23.1. The summed E-state index contributed by atoms with van der Waals surface area (Å²) in [6.45, 7) is 0.0186. The van der Waals surface area contributed by atoms with Crippen molar-refractivity contribution in [3.63, 3.8) is 0 Å². The summed E-state index contributed by atoms with van der Waals surface area (Å²) in [5, 5.41) is 16.7. The molecule has 1 saturated carbocycles. The monoisotopic (exact) mass is 518 g/mol. The minimum absolute atomic E-state index is 0.0186. The number of hydrogen-bond acceptors (Lipinski definition) is 7. The van der Waals surface area contributed by atoms with E-state index in [-0.39, 0.29) is 17.1 Å². The first-order chi connectivity index (χ1) is 15.3. The second-order valence-corrected chi connectivity index (χ2v) is 10.1. The van der Waals surface area contributed by atoms with Gasteiger partial charge in [0.1, 0.15) is 16.8 Å². The molecule has 1 N–H and O–H groups in total. The minimum atomic E-state index is -4.11. The van der Waals surface area contributed by atoms with E-state index in [9.17, 15) is 18.5 Å². The highest BCUT2D eigenvalue weighted by Crippen LogP contribution is 2.45. The van der Waals surface area contributed by atoms with Gasteiger partial charge in [-0.15, -0.1) is 0 Å². The molecule has 11 heteroatoms. The summed E-state index contributed by atoms with van der Waals surface area (Å²) in [5.41, 5.74) is 0.0485. The van der Waals surface area contributed by atoms with E-state index in [1.54, 1.807) is 31.4 Å². The van der Waals surface area contributed by atoms with Crippen LogP contribution in [0.25, 0.3) is 10.9 Å². The molecule has 0 saturated heterocycles. The molecular formula is C21H19BrN4O5S. The predicted molar refractivity (Wildman–Crippen MR) is 118 cm³/mol. The molecule has 0 radical (unpaired) electrons. The van der Waals surface area contributed by atoms with Gasteiger partial charge in [-0.3, -0.25) is 5.10 Å². The number of esters is 1. The number of fused-ring (bicyclic) bond motifs is 1. The van der Waals surface area contributed by atoms with Crippen LogP contribution in [0.4, 0.5) is 0 Å². The number of rotatable bonds is 7. The summed E-state index contributed by atoms with van der Waals surface area (Å²) >= 11 is 3.34. The fraction of sp³-hybridized carbons (Fsp3) is 0.286. The molecule has 166 valence electrons. The van der Waals surface area contributed by atoms with Gasteiger partial charge in [0.05, 0.1) is 25.2 Å². The van der Waals surface area contributed by atoms with Crippen LogP contribution in [0.15, 0.2) is 45.8 Å². The number of carbonyl (C=O) groups excluding carboxylic acids is 1. The Labute approximate surface area is 193 Å². The lowest BCUT2D eigenvalue weighted by atomic mass is 10.2. The van der Waals surface area contributed by atoms with Crippen molar-refractivity contribution in [1.82, 2.24) is 14.5 Å². The van der Waals surface area contributed by atoms with E-state index in [4.69, 9.17) is 9.47 Å². The van der Waals surface area contributed by atoms with E-state index in [1.165, 1.54) is 23.5 Å². The number of aromatic amines is 1. The second-order valence-electron chi connectivity index (χ2n) is 7.39. The highest BCUT2D eigenvalue weighted by atomic mass is 79.9. The number of carbonyl (C=O) groups is 1. The number of aromatic nitrogens is 2. The zero-order valence-electron chi connectivity index (χ0n) is 17.3. The topological polar surface area (TPSA) is 125 Å². The molecule has 0 unspecified atom stereocenters. The zero-order valence-corrected chi connectivity index (χ0v) is 19.7. The minimum Gasteiger partial charge on any atom is -0.497 e. The van der Waals surface area contributed by atoms with Crippen molar-refractivity contribution < 1.29 is 22.7 Å². The summed E-state index contributed by atoms with van der Waals surface area (Å²) in [6.07, 6.45) is 0.892. The summed E-state index contributed by atoms with van der Waals surface area (Å²) in [6, 6.07) is 12.0. The van der Waals surface area contributed by atoms with Crippen molar-refractivity contribution in [2.75, 3.05) is 14.2 Å². The van der Waals surface area contributed by atoms with E-state index < -0.39 is 21.5 Å². The van der Waals surface area contributed by atoms with Crippen LogP contribution >= 0.6 is 15.9 Å². The number of nitrogens with one attached hydrogen (secondary N) is 1. The van der Waals surface area contributed by atoms with Gasteiger partial charge in [0.2, 0.25) is 10.0 Å². The van der Waals surface area contributed by atoms with Crippen molar-refractivity contribution in [3.8, 4) is 11.8 Å². The molecular weight excluding hydrogens is 500 g/mol. The average Bonchev–Trinajstić information content (AvgIpc) is 3.47. The maximum atomic E-state index is 13.8. The third kappa shape index (κ3) is 3.74. The van der Waals surface area contributed by atoms with E-state index in [0.29, 0.717) is 34.0 Å². The SMILES string of the molecule is COC(=O)c1[nH]nc2c(Br)cc(S(=O)(=O)N(Cc3ccc(OC)cc3)C3(C#N)CC3)cc12. The fourth-order valence-corrected chi connectivity index (χ4v) is 5.97.